The van der Waals surface area contributed by atoms with E-state index in [4.69, 9.17) is 0 Å². The summed E-state index contributed by atoms with van der Waals surface area (Å²) in [5.74, 6) is 3.46. The Morgan fingerprint density at radius 2 is 2.05 bits per heavy atom. The van der Waals surface area contributed by atoms with E-state index in [2.05, 4.69) is 50.4 Å². The maximum atomic E-state index is 12.1. The van der Waals surface area contributed by atoms with Crippen LogP contribution in [0.2, 0.25) is 0 Å². The molecule has 0 spiro atoms. The minimum atomic E-state index is 0.225. The molecule has 1 aliphatic rings. The van der Waals surface area contributed by atoms with Gasteiger partial charge in [0, 0.05) is 24.0 Å². The molecule has 1 aliphatic carbocycles. The van der Waals surface area contributed by atoms with Crippen molar-refractivity contribution in [2.24, 2.45) is 11.8 Å². The summed E-state index contributed by atoms with van der Waals surface area (Å²) in [6.07, 6.45) is 4.33. The lowest BCUT2D eigenvalue weighted by Gasteiger charge is -2.34. The summed E-state index contributed by atoms with van der Waals surface area (Å²) in [5.41, 5.74) is 2.71. The van der Waals surface area contributed by atoms with E-state index in [-0.39, 0.29) is 5.91 Å². The van der Waals surface area contributed by atoms with E-state index in [0.29, 0.717) is 18.4 Å². The van der Waals surface area contributed by atoms with Gasteiger partial charge in [0.2, 0.25) is 5.91 Å². The molecule has 3 atom stereocenters. The summed E-state index contributed by atoms with van der Waals surface area (Å²) in [6, 6.07) is 8.87. The maximum absolute atomic E-state index is 12.1. The highest BCUT2D eigenvalue weighted by atomic mass is 32.2. The minimum absolute atomic E-state index is 0.225. The molecule has 1 aromatic rings. The average molecular weight is 320 g/mol. The van der Waals surface area contributed by atoms with E-state index in [0.717, 1.165) is 23.8 Å². The van der Waals surface area contributed by atoms with Crippen molar-refractivity contribution in [2.75, 3.05) is 5.75 Å². The first-order valence-electron chi connectivity index (χ1n) is 8.49. The summed E-state index contributed by atoms with van der Waals surface area (Å²) < 4.78 is 0. The fourth-order valence-corrected chi connectivity index (χ4v) is 4.20. The number of aryl methyl sites for hydroxylation is 1. The molecule has 0 saturated heterocycles. The Labute approximate surface area is 139 Å². The van der Waals surface area contributed by atoms with Crippen LogP contribution in [0.3, 0.4) is 0 Å². The predicted octanol–water partition coefficient (Wildman–Crippen LogP) is 4.56. The molecular weight excluding hydrogens is 290 g/mol. The van der Waals surface area contributed by atoms with Crippen molar-refractivity contribution in [3.05, 3.63) is 35.4 Å². The fourth-order valence-electron chi connectivity index (χ4n) is 3.18. The molecule has 1 N–H and O–H groups in total. The lowest BCUT2D eigenvalue weighted by Crippen LogP contribution is -2.43. The largest absolute Gasteiger partial charge is 0.353 e. The topological polar surface area (TPSA) is 29.1 Å². The van der Waals surface area contributed by atoms with Gasteiger partial charge in [0.25, 0.3) is 0 Å². The number of rotatable bonds is 6. The van der Waals surface area contributed by atoms with Crippen molar-refractivity contribution >= 4 is 17.7 Å². The number of thioether (sulfide) groups is 1. The average Bonchev–Trinajstić information content (AvgIpc) is 2.50. The first-order chi connectivity index (χ1) is 10.6. The summed E-state index contributed by atoms with van der Waals surface area (Å²) in [7, 11) is 0. The molecule has 1 aromatic carbocycles. The van der Waals surface area contributed by atoms with E-state index in [9.17, 15) is 4.79 Å². The number of hydrogen-bond acceptors (Lipinski definition) is 2. The van der Waals surface area contributed by atoms with Gasteiger partial charge in [-0.3, -0.25) is 4.79 Å². The van der Waals surface area contributed by atoms with Crippen LogP contribution in [0.1, 0.15) is 50.7 Å². The first-order valence-corrected chi connectivity index (χ1v) is 9.65. The predicted molar refractivity (Wildman–Crippen MR) is 96.1 cm³/mol. The molecule has 1 fully saturated rings. The van der Waals surface area contributed by atoms with E-state index in [1.54, 1.807) is 0 Å². The number of hydrogen-bond donors (Lipinski definition) is 1. The van der Waals surface area contributed by atoms with Gasteiger partial charge in [-0.2, -0.15) is 11.8 Å². The molecule has 1 saturated carbocycles. The van der Waals surface area contributed by atoms with E-state index >= 15 is 0 Å². The van der Waals surface area contributed by atoms with Crippen LogP contribution >= 0.6 is 11.8 Å². The summed E-state index contributed by atoms with van der Waals surface area (Å²) >= 11 is 1.85. The van der Waals surface area contributed by atoms with Crippen molar-refractivity contribution in [3.63, 3.8) is 0 Å². The van der Waals surface area contributed by atoms with Gasteiger partial charge in [0.15, 0.2) is 0 Å². The van der Waals surface area contributed by atoms with Gasteiger partial charge >= 0.3 is 0 Å². The lowest BCUT2D eigenvalue weighted by atomic mass is 9.78. The van der Waals surface area contributed by atoms with Gasteiger partial charge in [-0.25, -0.2) is 0 Å². The molecule has 1 amide bonds. The minimum Gasteiger partial charge on any atom is -0.353 e. The third-order valence-electron chi connectivity index (χ3n) is 5.05. The second-order valence-electron chi connectivity index (χ2n) is 6.67. The standard InChI is InChI=1S/C19H29NOS/c1-14-8-6-10-18(16(14)3)20-19(21)11-12-22-13-17-9-5-4-7-15(17)2/h4-5,7,9,14,16,18H,6,8,10-13H2,1-3H3,(H,20,21). The molecule has 122 valence electrons. The Kier molecular flexibility index (Phi) is 6.81. The van der Waals surface area contributed by atoms with Gasteiger partial charge in [-0.1, -0.05) is 51.0 Å². The Morgan fingerprint density at radius 1 is 1.27 bits per heavy atom. The second kappa shape index (κ2) is 8.61. The quantitative estimate of drug-likeness (QED) is 0.779. The zero-order valence-corrected chi connectivity index (χ0v) is 14.9. The maximum Gasteiger partial charge on any atom is 0.221 e. The summed E-state index contributed by atoms with van der Waals surface area (Å²) in [5, 5.41) is 3.26. The Balaban J connectivity index is 1.67. The van der Waals surface area contributed by atoms with E-state index < -0.39 is 0 Å². The van der Waals surface area contributed by atoms with Gasteiger partial charge in [0.1, 0.15) is 0 Å². The number of nitrogens with one attached hydrogen (secondary N) is 1. The van der Waals surface area contributed by atoms with Crippen LogP contribution < -0.4 is 5.32 Å². The highest BCUT2D eigenvalue weighted by Gasteiger charge is 2.27. The van der Waals surface area contributed by atoms with Gasteiger partial charge < -0.3 is 5.32 Å². The van der Waals surface area contributed by atoms with Gasteiger partial charge in [0.05, 0.1) is 0 Å². The monoisotopic (exact) mass is 319 g/mol. The van der Waals surface area contributed by atoms with E-state index in [1.165, 1.54) is 24.0 Å². The SMILES string of the molecule is Cc1ccccc1CSCCC(=O)NC1CCCC(C)C1C. The third kappa shape index (κ3) is 5.05. The molecule has 0 aliphatic heterocycles. The van der Waals surface area contributed by atoms with Crippen LogP contribution in [0.15, 0.2) is 24.3 Å². The molecule has 2 nitrogen and oxygen atoms in total. The molecule has 3 unspecified atom stereocenters. The number of amides is 1. The molecule has 3 heteroatoms. The van der Waals surface area contributed by atoms with Crippen LogP contribution in [0.4, 0.5) is 0 Å². The van der Waals surface area contributed by atoms with Crippen LogP contribution in [0.25, 0.3) is 0 Å². The van der Waals surface area contributed by atoms with Crippen LogP contribution in [0.5, 0.6) is 0 Å². The first kappa shape index (κ1) is 17.4. The van der Waals surface area contributed by atoms with Gasteiger partial charge in [-0.05, 0) is 36.3 Å². The third-order valence-corrected chi connectivity index (χ3v) is 6.05. The van der Waals surface area contributed by atoms with Gasteiger partial charge in [-0.15, -0.1) is 0 Å². The highest BCUT2D eigenvalue weighted by molar-refractivity contribution is 7.98. The van der Waals surface area contributed by atoms with Crippen molar-refractivity contribution < 1.29 is 4.79 Å². The Hall–Kier alpha value is -0.960. The van der Waals surface area contributed by atoms with Crippen molar-refractivity contribution in [1.82, 2.24) is 5.32 Å². The van der Waals surface area contributed by atoms with Crippen molar-refractivity contribution in [3.8, 4) is 0 Å². The molecule has 0 bridgehead atoms. The molecule has 0 radical (unpaired) electrons. The lowest BCUT2D eigenvalue weighted by molar-refractivity contribution is -0.122. The zero-order chi connectivity index (χ0) is 15.9. The molecule has 0 aromatic heterocycles. The fraction of sp³-hybridized carbons (Fsp3) is 0.632. The number of carbonyl (C=O) groups excluding carboxylic acids is 1. The Morgan fingerprint density at radius 3 is 2.82 bits per heavy atom. The Bertz CT molecular complexity index is 488. The molecule has 0 heterocycles. The van der Waals surface area contributed by atoms with Crippen LogP contribution in [-0.2, 0) is 10.5 Å². The summed E-state index contributed by atoms with van der Waals surface area (Å²) in [6.45, 7) is 6.73. The number of carbonyl (C=O) groups is 1. The summed E-state index contributed by atoms with van der Waals surface area (Å²) in [4.78, 5) is 12.1. The number of benzene rings is 1. The molecule has 22 heavy (non-hydrogen) atoms. The molecule has 2 rings (SSSR count). The molecular formula is C19H29NOS. The second-order valence-corrected chi connectivity index (χ2v) is 7.78. The normalized spacial score (nSPS) is 25.0. The van der Waals surface area contributed by atoms with E-state index in [1.807, 2.05) is 11.8 Å². The van der Waals surface area contributed by atoms with Crippen molar-refractivity contribution in [2.45, 2.75) is 58.2 Å². The smallest absolute Gasteiger partial charge is 0.221 e. The van der Waals surface area contributed by atoms with Crippen molar-refractivity contribution in [1.29, 1.82) is 0 Å². The van der Waals surface area contributed by atoms with Crippen LogP contribution in [0, 0.1) is 18.8 Å². The zero-order valence-electron chi connectivity index (χ0n) is 14.1. The van der Waals surface area contributed by atoms with Crippen LogP contribution in [-0.4, -0.2) is 17.7 Å². The highest BCUT2D eigenvalue weighted by Crippen LogP contribution is 2.29.